The summed E-state index contributed by atoms with van der Waals surface area (Å²) in [7, 11) is 0. The number of anilines is 1. The number of cyclic esters (lactones) is 1. The van der Waals surface area contributed by atoms with E-state index < -0.39 is 18.1 Å². The van der Waals surface area contributed by atoms with Gasteiger partial charge in [-0.2, -0.15) is 0 Å². The molecule has 3 nitrogen and oxygen atoms in total. The number of hydrogen-bond acceptors (Lipinski definition) is 2. The van der Waals surface area contributed by atoms with Crippen LogP contribution in [0.2, 0.25) is 0 Å². The molecular formula is C10H9F2NO2. The molecule has 15 heavy (non-hydrogen) atoms. The van der Waals surface area contributed by atoms with Crippen molar-refractivity contribution in [1.82, 2.24) is 0 Å². The molecule has 0 aromatic heterocycles. The number of carbonyl (C=O) groups is 1. The smallest absolute Gasteiger partial charge is 0.412 e. The number of rotatable bonds is 1. The number of benzene rings is 1. The van der Waals surface area contributed by atoms with Crippen LogP contribution in [0.3, 0.4) is 0 Å². The molecule has 0 bridgehead atoms. The van der Waals surface area contributed by atoms with Gasteiger partial charge in [-0.25, -0.2) is 13.6 Å². The highest BCUT2D eigenvalue weighted by Crippen LogP contribution is 2.40. The number of para-hydroxylation sites is 1. The Morgan fingerprint density at radius 2 is 2.07 bits per heavy atom. The molecule has 1 aromatic rings. The standard InChI is InChI=1S/C10H9F2NO2/c1-10(11,12)8-6-4-2-3-5-7(6)13-9(14)15-8/h2-5,8H,1H3,(H,13,14). The summed E-state index contributed by atoms with van der Waals surface area (Å²) in [6.45, 7) is 0.729. The summed E-state index contributed by atoms with van der Waals surface area (Å²) < 4.78 is 30.9. The number of nitrogens with one attached hydrogen (secondary N) is 1. The number of ether oxygens (including phenoxy) is 1. The Labute approximate surface area is 85.0 Å². The molecule has 1 atom stereocenters. The van der Waals surface area contributed by atoms with Gasteiger partial charge in [-0.1, -0.05) is 18.2 Å². The van der Waals surface area contributed by atoms with Gasteiger partial charge in [0, 0.05) is 12.5 Å². The molecule has 0 saturated heterocycles. The van der Waals surface area contributed by atoms with Crippen LogP contribution in [0.4, 0.5) is 19.3 Å². The van der Waals surface area contributed by atoms with Crippen LogP contribution in [0.25, 0.3) is 0 Å². The highest BCUT2D eigenvalue weighted by Gasteiger charge is 2.42. The zero-order valence-corrected chi connectivity index (χ0v) is 7.96. The average Bonchev–Trinajstić information content (AvgIpc) is 2.15. The van der Waals surface area contributed by atoms with Crippen molar-refractivity contribution >= 4 is 11.8 Å². The van der Waals surface area contributed by atoms with Gasteiger partial charge in [0.2, 0.25) is 0 Å². The summed E-state index contributed by atoms with van der Waals surface area (Å²) in [6, 6.07) is 6.36. The number of fused-ring (bicyclic) bond motifs is 1. The topological polar surface area (TPSA) is 38.3 Å². The van der Waals surface area contributed by atoms with E-state index in [2.05, 4.69) is 10.1 Å². The number of carbonyl (C=O) groups excluding carboxylic acids is 1. The summed E-state index contributed by atoms with van der Waals surface area (Å²) >= 11 is 0. The first-order chi connectivity index (χ1) is 6.98. The monoisotopic (exact) mass is 213 g/mol. The van der Waals surface area contributed by atoms with Gasteiger partial charge < -0.3 is 4.74 Å². The molecule has 1 aliphatic heterocycles. The van der Waals surface area contributed by atoms with Crippen LogP contribution < -0.4 is 5.32 Å². The first-order valence-corrected chi connectivity index (χ1v) is 4.43. The van der Waals surface area contributed by atoms with Crippen molar-refractivity contribution in [3.63, 3.8) is 0 Å². The third-order valence-corrected chi connectivity index (χ3v) is 2.17. The van der Waals surface area contributed by atoms with Gasteiger partial charge in [0.25, 0.3) is 5.92 Å². The van der Waals surface area contributed by atoms with Crippen LogP contribution >= 0.6 is 0 Å². The molecule has 1 N–H and O–H groups in total. The SMILES string of the molecule is CC(F)(F)C1OC(=O)Nc2ccccc21. The van der Waals surface area contributed by atoms with Crippen molar-refractivity contribution in [2.75, 3.05) is 5.32 Å². The van der Waals surface area contributed by atoms with Crippen molar-refractivity contribution in [2.24, 2.45) is 0 Å². The first kappa shape index (κ1) is 9.89. The number of halogens is 2. The maximum Gasteiger partial charge on any atom is 0.412 e. The van der Waals surface area contributed by atoms with Gasteiger partial charge in [-0.3, -0.25) is 5.32 Å². The van der Waals surface area contributed by atoms with Gasteiger partial charge in [0.05, 0.1) is 5.69 Å². The second kappa shape index (κ2) is 3.18. The van der Waals surface area contributed by atoms with E-state index in [0.717, 1.165) is 6.92 Å². The zero-order valence-electron chi connectivity index (χ0n) is 7.96. The lowest BCUT2D eigenvalue weighted by molar-refractivity contribution is -0.0984. The second-order valence-electron chi connectivity index (χ2n) is 3.45. The molecule has 1 aliphatic rings. The molecule has 1 unspecified atom stereocenters. The highest BCUT2D eigenvalue weighted by molar-refractivity contribution is 5.88. The molecule has 0 fully saturated rings. The summed E-state index contributed by atoms with van der Waals surface area (Å²) in [5.74, 6) is -3.09. The number of amides is 1. The quantitative estimate of drug-likeness (QED) is 0.778. The highest BCUT2D eigenvalue weighted by atomic mass is 19.3. The summed E-state index contributed by atoms with van der Waals surface area (Å²) in [6.07, 6.45) is -2.36. The Hall–Kier alpha value is -1.65. The summed E-state index contributed by atoms with van der Waals surface area (Å²) in [5.41, 5.74) is 0.671. The lowest BCUT2D eigenvalue weighted by Crippen LogP contribution is -2.33. The van der Waals surface area contributed by atoms with E-state index >= 15 is 0 Å². The van der Waals surface area contributed by atoms with Crippen molar-refractivity contribution in [2.45, 2.75) is 19.0 Å². The lowest BCUT2D eigenvalue weighted by Gasteiger charge is -2.29. The van der Waals surface area contributed by atoms with Crippen molar-refractivity contribution in [3.05, 3.63) is 29.8 Å². The van der Waals surface area contributed by atoms with Crippen molar-refractivity contribution in [3.8, 4) is 0 Å². The lowest BCUT2D eigenvalue weighted by atomic mass is 10.0. The molecule has 2 rings (SSSR count). The van der Waals surface area contributed by atoms with Gasteiger partial charge in [-0.05, 0) is 6.07 Å². The minimum absolute atomic E-state index is 0.296. The van der Waals surface area contributed by atoms with Crippen molar-refractivity contribution < 1.29 is 18.3 Å². The third kappa shape index (κ3) is 1.77. The maximum absolute atomic E-state index is 13.2. The van der Waals surface area contributed by atoms with Crippen LogP contribution in [0.15, 0.2) is 24.3 Å². The molecule has 1 amide bonds. The van der Waals surface area contributed by atoms with Crippen molar-refractivity contribution in [1.29, 1.82) is 0 Å². The number of hydrogen-bond donors (Lipinski definition) is 1. The van der Waals surface area contributed by atoms with Gasteiger partial charge in [0.1, 0.15) is 0 Å². The minimum atomic E-state index is -3.09. The fraction of sp³-hybridized carbons (Fsp3) is 0.300. The van der Waals surface area contributed by atoms with Crippen LogP contribution in [0.1, 0.15) is 18.6 Å². The van der Waals surface area contributed by atoms with E-state index in [1.807, 2.05) is 0 Å². The van der Waals surface area contributed by atoms with E-state index in [1.165, 1.54) is 6.07 Å². The summed E-state index contributed by atoms with van der Waals surface area (Å²) in [4.78, 5) is 11.0. The molecule has 0 spiro atoms. The average molecular weight is 213 g/mol. The van der Waals surface area contributed by atoms with E-state index in [4.69, 9.17) is 0 Å². The molecule has 1 heterocycles. The van der Waals surface area contributed by atoms with Crippen LogP contribution in [-0.4, -0.2) is 12.0 Å². The first-order valence-electron chi connectivity index (χ1n) is 4.43. The van der Waals surface area contributed by atoms with Gasteiger partial charge >= 0.3 is 6.09 Å². The molecular weight excluding hydrogens is 204 g/mol. The number of alkyl halides is 2. The largest absolute Gasteiger partial charge is 0.435 e. The van der Waals surface area contributed by atoms with E-state index in [1.54, 1.807) is 18.2 Å². The van der Waals surface area contributed by atoms with E-state index in [-0.39, 0.29) is 0 Å². The van der Waals surface area contributed by atoms with E-state index in [9.17, 15) is 13.6 Å². The van der Waals surface area contributed by atoms with Crippen LogP contribution in [0.5, 0.6) is 0 Å². The molecule has 80 valence electrons. The normalized spacial score (nSPS) is 20.2. The third-order valence-electron chi connectivity index (χ3n) is 2.17. The van der Waals surface area contributed by atoms with Gasteiger partial charge in [-0.15, -0.1) is 0 Å². The molecule has 1 aromatic carbocycles. The second-order valence-corrected chi connectivity index (χ2v) is 3.45. The molecule has 0 aliphatic carbocycles. The predicted molar refractivity (Wildman–Crippen MR) is 49.9 cm³/mol. The maximum atomic E-state index is 13.2. The minimum Gasteiger partial charge on any atom is -0.435 e. The fourth-order valence-corrected chi connectivity index (χ4v) is 1.53. The Bertz CT molecular complexity index is 401. The van der Waals surface area contributed by atoms with Gasteiger partial charge in [0.15, 0.2) is 6.10 Å². The summed E-state index contributed by atoms with van der Waals surface area (Å²) in [5, 5.41) is 2.37. The van der Waals surface area contributed by atoms with E-state index in [0.29, 0.717) is 11.3 Å². The Morgan fingerprint density at radius 3 is 2.73 bits per heavy atom. The Morgan fingerprint density at radius 1 is 1.40 bits per heavy atom. The molecule has 0 saturated carbocycles. The molecule has 5 heteroatoms. The molecule has 0 radical (unpaired) electrons. The fourth-order valence-electron chi connectivity index (χ4n) is 1.53. The van der Waals surface area contributed by atoms with Crippen LogP contribution in [-0.2, 0) is 4.74 Å². The predicted octanol–water partition coefficient (Wildman–Crippen LogP) is 2.95. The zero-order chi connectivity index (χ0) is 11.1. The Kier molecular flexibility index (Phi) is 2.10. The Balaban J connectivity index is 2.47. The van der Waals surface area contributed by atoms with Crippen LogP contribution in [0, 0.1) is 0 Å².